The van der Waals surface area contributed by atoms with E-state index in [9.17, 15) is 8.42 Å². The summed E-state index contributed by atoms with van der Waals surface area (Å²) < 4.78 is 32.4. The molecule has 0 amide bonds. The fraction of sp³-hybridized carbons (Fsp3) is 0.364. The van der Waals surface area contributed by atoms with E-state index in [4.69, 9.17) is 9.47 Å². The summed E-state index contributed by atoms with van der Waals surface area (Å²) in [5.41, 5.74) is 0.500. The minimum absolute atomic E-state index is 0.496. The second-order valence-corrected chi connectivity index (χ2v) is 5.26. The number of hydrogen-bond donors (Lipinski definition) is 0. The number of sulfone groups is 1. The van der Waals surface area contributed by atoms with Crippen LogP contribution in [0.25, 0.3) is 6.08 Å². The third-order valence-electron chi connectivity index (χ3n) is 1.86. The average molecular weight is 257 g/mol. The molecule has 0 unspecified atom stereocenters. The van der Waals surface area contributed by atoms with Crippen molar-refractivity contribution >= 4 is 15.9 Å². The minimum Gasteiger partial charge on any atom is -0.491 e. The third kappa shape index (κ3) is 4.44. The SMILES string of the molecule is CCOc1cc(/C=C/S(C)(=O)=O)ncc1OC. The molecule has 0 aromatic carbocycles. The quantitative estimate of drug-likeness (QED) is 0.799. The van der Waals surface area contributed by atoms with Crippen LogP contribution >= 0.6 is 0 Å². The van der Waals surface area contributed by atoms with Crippen LogP contribution in [0.1, 0.15) is 12.6 Å². The van der Waals surface area contributed by atoms with Gasteiger partial charge in [0.1, 0.15) is 0 Å². The summed E-state index contributed by atoms with van der Waals surface area (Å²) in [6.07, 6.45) is 4.03. The zero-order valence-corrected chi connectivity index (χ0v) is 10.8. The molecule has 1 heterocycles. The fourth-order valence-corrected chi connectivity index (χ4v) is 1.53. The first-order chi connectivity index (χ1) is 7.96. The summed E-state index contributed by atoms with van der Waals surface area (Å²) in [7, 11) is -1.64. The molecule has 1 aromatic heterocycles. The predicted octanol–water partition coefficient (Wildman–Crippen LogP) is 1.50. The highest BCUT2D eigenvalue weighted by atomic mass is 32.2. The van der Waals surface area contributed by atoms with Crippen molar-refractivity contribution in [3.63, 3.8) is 0 Å². The van der Waals surface area contributed by atoms with Gasteiger partial charge in [-0.05, 0) is 13.0 Å². The molecular formula is C11H15NO4S. The molecular weight excluding hydrogens is 242 g/mol. The molecule has 17 heavy (non-hydrogen) atoms. The zero-order chi connectivity index (χ0) is 12.9. The van der Waals surface area contributed by atoms with Crippen molar-refractivity contribution in [3.05, 3.63) is 23.4 Å². The van der Waals surface area contributed by atoms with Gasteiger partial charge in [-0.3, -0.25) is 4.98 Å². The van der Waals surface area contributed by atoms with Crippen LogP contribution in [0, 0.1) is 0 Å². The number of nitrogens with zero attached hydrogens (tertiary/aromatic N) is 1. The van der Waals surface area contributed by atoms with Gasteiger partial charge in [0.25, 0.3) is 0 Å². The number of methoxy groups -OCH3 is 1. The van der Waals surface area contributed by atoms with Crippen molar-refractivity contribution in [1.82, 2.24) is 4.98 Å². The number of rotatable bonds is 5. The maximum atomic E-state index is 11.0. The van der Waals surface area contributed by atoms with Crippen LogP contribution in [0.15, 0.2) is 17.7 Å². The largest absolute Gasteiger partial charge is 0.491 e. The second-order valence-electron chi connectivity index (χ2n) is 3.33. The van der Waals surface area contributed by atoms with Crippen LogP contribution in [-0.4, -0.2) is 33.4 Å². The molecule has 0 spiro atoms. The van der Waals surface area contributed by atoms with Gasteiger partial charge in [0.05, 0.1) is 25.6 Å². The first-order valence-electron chi connectivity index (χ1n) is 5.01. The van der Waals surface area contributed by atoms with Gasteiger partial charge in [-0.2, -0.15) is 0 Å². The minimum atomic E-state index is -3.16. The Labute approximate surface area is 101 Å². The van der Waals surface area contributed by atoms with E-state index in [1.807, 2.05) is 6.92 Å². The molecule has 0 saturated carbocycles. The molecule has 0 bridgehead atoms. The number of ether oxygens (including phenoxy) is 2. The Morgan fingerprint density at radius 1 is 1.41 bits per heavy atom. The van der Waals surface area contributed by atoms with E-state index in [0.717, 1.165) is 11.7 Å². The lowest BCUT2D eigenvalue weighted by atomic mass is 10.3. The van der Waals surface area contributed by atoms with Crippen molar-refractivity contribution in [2.45, 2.75) is 6.92 Å². The highest BCUT2D eigenvalue weighted by Crippen LogP contribution is 2.26. The van der Waals surface area contributed by atoms with Gasteiger partial charge in [0, 0.05) is 17.7 Å². The van der Waals surface area contributed by atoms with Gasteiger partial charge in [-0.1, -0.05) is 0 Å². The smallest absolute Gasteiger partial charge is 0.179 e. The van der Waals surface area contributed by atoms with Gasteiger partial charge in [0.2, 0.25) is 0 Å². The fourth-order valence-electron chi connectivity index (χ4n) is 1.15. The molecule has 1 aromatic rings. The molecule has 1 rings (SSSR count). The van der Waals surface area contributed by atoms with E-state index < -0.39 is 9.84 Å². The Morgan fingerprint density at radius 3 is 2.65 bits per heavy atom. The van der Waals surface area contributed by atoms with Crippen LogP contribution in [0.5, 0.6) is 11.5 Å². The molecule has 0 aliphatic carbocycles. The van der Waals surface area contributed by atoms with E-state index in [1.54, 1.807) is 6.07 Å². The van der Waals surface area contributed by atoms with E-state index >= 15 is 0 Å². The van der Waals surface area contributed by atoms with Crippen LogP contribution in [0.3, 0.4) is 0 Å². The molecule has 6 heteroatoms. The summed E-state index contributed by atoms with van der Waals surface area (Å²) in [6.45, 7) is 2.35. The molecule has 0 saturated heterocycles. The Hall–Kier alpha value is -1.56. The monoisotopic (exact) mass is 257 g/mol. The maximum Gasteiger partial charge on any atom is 0.179 e. The van der Waals surface area contributed by atoms with Crippen LogP contribution in [0.4, 0.5) is 0 Å². The molecule has 5 nitrogen and oxygen atoms in total. The number of pyridine rings is 1. The summed E-state index contributed by atoms with van der Waals surface area (Å²) >= 11 is 0. The van der Waals surface area contributed by atoms with Crippen LogP contribution in [-0.2, 0) is 9.84 Å². The lowest BCUT2D eigenvalue weighted by Gasteiger charge is -2.08. The second kappa shape index (κ2) is 5.67. The van der Waals surface area contributed by atoms with Crippen molar-refractivity contribution in [2.75, 3.05) is 20.0 Å². The molecule has 0 aliphatic rings. The highest BCUT2D eigenvalue weighted by molar-refractivity contribution is 7.93. The van der Waals surface area contributed by atoms with Crippen LogP contribution in [0.2, 0.25) is 0 Å². The Bertz CT molecular complexity index is 508. The predicted molar refractivity (Wildman–Crippen MR) is 65.8 cm³/mol. The first-order valence-corrected chi connectivity index (χ1v) is 6.96. The maximum absolute atomic E-state index is 11.0. The standard InChI is InChI=1S/C11H15NO4S/c1-4-16-10-7-9(5-6-17(3,13)14)12-8-11(10)15-2/h5-8H,4H2,1-3H3/b6-5+. The highest BCUT2D eigenvalue weighted by Gasteiger charge is 2.05. The molecule has 0 radical (unpaired) electrons. The van der Waals surface area contributed by atoms with Crippen molar-refractivity contribution in [1.29, 1.82) is 0 Å². The van der Waals surface area contributed by atoms with E-state index in [0.29, 0.717) is 23.8 Å². The van der Waals surface area contributed by atoms with Crippen molar-refractivity contribution in [3.8, 4) is 11.5 Å². The molecule has 0 atom stereocenters. The van der Waals surface area contributed by atoms with Gasteiger partial charge < -0.3 is 9.47 Å². The Morgan fingerprint density at radius 2 is 2.12 bits per heavy atom. The van der Waals surface area contributed by atoms with E-state index in [2.05, 4.69) is 4.98 Å². The van der Waals surface area contributed by atoms with Gasteiger partial charge in [-0.25, -0.2) is 8.42 Å². The van der Waals surface area contributed by atoms with Gasteiger partial charge >= 0.3 is 0 Å². The summed E-state index contributed by atoms with van der Waals surface area (Å²) in [6, 6.07) is 1.63. The third-order valence-corrected chi connectivity index (χ3v) is 2.49. The Kier molecular flexibility index (Phi) is 4.51. The summed E-state index contributed by atoms with van der Waals surface area (Å²) in [4.78, 5) is 4.04. The average Bonchev–Trinajstić information content (AvgIpc) is 2.26. The topological polar surface area (TPSA) is 65.5 Å². The molecule has 0 aliphatic heterocycles. The van der Waals surface area contributed by atoms with Gasteiger partial charge in [-0.15, -0.1) is 0 Å². The number of hydrogen-bond acceptors (Lipinski definition) is 5. The Balaban J connectivity index is 3.04. The number of aromatic nitrogens is 1. The summed E-state index contributed by atoms with van der Waals surface area (Å²) in [5.74, 6) is 1.06. The van der Waals surface area contributed by atoms with E-state index in [1.165, 1.54) is 19.4 Å². The van der Waals surface area contributed by atoms with E-state index in [-0.39, 0.29) is 0 Å². The van der Waals surface area contributed by atoms with Gasteiger partial charge in [0.15, 0.2) is 21.3 Å². The molecule has 0 fully saturated rings. The first kappa shape index (κ1) is 13.5. The van der Waals surface area contributed by atoms with Crippen molar-refractivity contribution in [2.24, 2.45) is 0 Å². The van der Waals surface area contributed by atoms with Crippen LogP contribution < -0.4 is 9.47 Å². The summed E-state index contributed by atoms with van der Waals surface area (Å²) in [5, 5.41) is 1.09. The normalized spacial score (nSPS) is 11.7. The lowest BCUT2D eigenvalue weighted by Crippen LogP contribution is -1.97. The zero-order valence-electron chi connectivity index (χ0n) is 10.0. The van der Waals surface area contributed by atoms with Crippen molar-refractivity contribution < 1.29 is 17.9 Å². The lowest BCUT2D eigenvalue weighted by molar-refractivity contribution is 0.310. The molecule has 94 valence electrons. The molecule has 0 N–H and O–H groups in total.